The first kappa shape index (κ1) is 19.0. The number of carboxylic acid groups (broad SMARTS) is 1. The van der Waals surface area contributed by atoms with E-state index in [4.69, 9.17) is 5.73 Å². The Hall–Kier alpha value is -1.35. The van der Waals surface area contributed by atoms with Crippen LogP contribution in [0.15, 0.2) is 24.3 Å². The number of aliphatic carboxylic acids is 1. The van der Waals surface area contributed by atoms with Crippen LogP contribution in [-0.4, -0.2) is 16.6 Å². The molecule has 3 N–H and O–H groups in total. The van der Waals surface area contributed by atoms with Gasteiger partial charge in [-0.3, -0.25) is 4.79 Å². The fourth-order valence-corrected chi connectivity index (χ4v) is 3.84. The van der Waals surface area contributed by atoms with Gasteiger partial charge in [0.15, 0.2) is 0 Å². The van der Waals surface area contributed by atoms with Gasteiger partial charge in [0.05, 0.1) is 0 Å². The van der Waals surface area contributed by atoms with Gasteiger partial charge in [0, 0.05) is 0 Å². The van der Waals surface area contributed by atoms with Crippen LogP contribution in [0.2, 0.25) is 0 Å². The monoisotopic (exact) mass is 331 g/mol. The summed E-state index contributed by atoms with van der Waals surface area (Å²) in [6.07, 6.45) is 12.4. The molecule has 3 nitrogen and oxygen atoms in total. The van der Waals surface area contributed by atoms with Crippen molar-refractivity contribution in [3.8, 4) is 0 Å². The molecule has 0 radical (unpaired) electrons. The largest absolute Gasteiger partial charge is 0.480 e. The smallest absolute Gasteiger partial charge is 0.323 e. The Morgan fingerprint density at radius 1 is 1.21 bits per heavy atom. The Morgan fingerprint density at radius 3 is 2.58 bits per heavy atom. The van der Waals surface area contributed by atoms with Crippen molar-refractivity contribution in [1.82, 2.24) is 0 Å². The quantitative estimate of drug-likeness (QED) is 0.591. The summed E-state index contributed by atoms with van der Waals surface area (Å²) in [4.78, 5) is 11.3. The number of carbonyl (C=O) groups is 1. The molecule has 0 spiro atoms. The molecular formula is C21H33NO2. The minimum Gasteiger partial charge on any atom is -0.480 e. The van der Waals surface area contributed by atoms with Crippen molar-refractivity contribution in [2.24, 2.45) is 5.73 Å². The number of rotatable bonds is 10. The normalized spacial score (nSPS) is 23.5. The van der Waals surface area contributed by atoms with Gasteiger partial charge < -0.3 is 10.8 Å². The van der Waals surface area contributed by atoms with Gasteiger partial charge in [-0.2, -0.15) is 0 Å². The average Bonchev–Trinajstić information content (AvgIpc) is 2.98. The van der Waals surface area contributed by atoms with Crippen molar-refractivity contribution < 1.29 is 9.90 Å². The second kappa shape index (κ2) is 9.22. The summed E-state index contributed by atoms with van der Waals surface area (Å²) in [6, 6.07) is 8.72. The fraction of sp³-hybridized carbons (Fsp3) is 0.667. The van der Waals surface area contributed by atoms with E-state index < -0.39 is 11.5 Å². The number of carboxylic acids is 1. The minimum absolute atomic E-state index is 0.292. The Kier molecular flexibility index (Phi) is 7.29. The third kappa shape index (κ3) is 5.34. The summed E-state index contributed by atoms with van der Waals surface area (Å²) in [6.45, 7) is 2.25. The van der Waals surface area contributed by atoms with Crippen molar-refractivity contribution in [2.75, 3.05) is 0 Å². The number of nitrogens with two attached hydrogens (primary N) is 1. The molecular weight excluding hydrogens is 298 g/mol. The maximum absolute atomic E-state index is 11.3. The molecule has 1 aliphatic carbocycles. The van der Waals surface area contributed by atoms with Crippen LogP contribution >= 0.6 is 0 Å². The topological polar surface area (TPSA) is 63.3 Å². The Balaban J connectivity index is 1.79. The standard InChI is InChI=1S/C21H33NO2/c1-2-3-4-5-6-7-8-10-17-11-9-12-18(15-17)19-13-14-21(22,16-19)20(23)24/h9,11-12,15,19H,2-8,10,13-14,16,22H2,1H3,(H,23,24)/t19-,21?/m0/s1. The molecule has 1 unspecified atom stereocenters. The van der Waals surface area contributed by atoms with Crippen LogP contribution in [0, 0.1) is 0 Å². The van der Waals surface area contributed by atoms with Crippen LogP contribution in [0.4, 0.5) is 0 Å². The SMILES string of the molecule is CCCCCCCCCc1cccc([C@H]2CCC(N)(C(=O)O)C2)c1. The highest BCUT2D eigenvalue weighted by Gasteiger charge is 2.42. The van der Waals surface area contributed by atoms with Crippen molar-refractivity contribution >= 4 is 5.97 Å². The van der Waals surface area contributed by atoms with Crippen LogP contribution in [0.25, 0.3) is 0 Å². The maximum atomic E-state index is 11.3. The summed E-state index contributed by atoms with van der Waals surface area (Å²) in [5.41, 5.74) is 7.64. The zero-order valence-corrected chi connectivity index (χ0v) is 15.1. The molecule has 3 heteroatoms. The molecule has 0 saturated heterocycles. The summed E-state index contributed by atoms with van der Waals surface area (Å²) in [5.74, 6) is -0.565. The molecule has 1 saturated carbocycles. The molecule has 0 bridgehead atoms. The number of unbranched alkanes of at least 4 members (excludes halogenated alkanes) is 6. The number of hydrogen-bond acceptors (Lipinski definition) is 2. The number of benzene rings is 1. The highest BCUT2D eigenvalue weighted by atomic mass is 16.4. The summed E-state index contributed by atoms with van der Waals surface area (Å²) < 4.78 is 0. The van der Waals surface area contributed by atoms with E-state index in [9.17, 15) is 9.90 Å². The molecule has 24 heavy (non-hydrogen) atoms. The van der Waals surface area contributed by atoms with Crippen molar-refractivity contribution in [2.45, 2.75) is 89.0 Å². The van der Waals surface area contributed by atoms with Crippen LogP contribution in [0.5, 0.6) is 0 Å². The molecule has 0 heterocycles. The molecule has 1 aliphatic rings. The number of hydrogen-bond donors (Lipinski definition) is 2. The highest BCUT2D eigenvalue weighted by molar-refractivity contribution is 5.79. The highest BCUT2D eigenvalue weighted by Crippen LogP contribution is 2.40. The van der Waals surface area contributed by atoms with Crippen LogP contribution in [0.3, 0.4) is 0 Å². The maximum Gasteiger partial charge on any atom is 0.323 e. The lowest BCUT2D eigenvalue weighted by Gasteiger charge is -2.18. The van der Waals surface area contributed by atoms with Gasteiger partial charge in [0.2, 0.25) is 0 Å². The summed E-state index contributed by atoms with van der Waals surface area (Å²) >= 11 is 0. The van der Waals surface area contributed by atoms with E-state index in [1.165, 1.54) is 56.1 Å². The molecule has 1 aromatic carbocycles. The molecule has 2 atom stereocenters. The molecule has 2 rings (SSSR count). The predicted molar refractivity (Wildman–Crippen MR) is 99.3 cm³/mol. The van der Waals surface area contributed by atoms with Crippen molar-refractivity contribution in [3.05, 3.63) is 35.4 Å². The van der Waals surface area contributed by atoms with Gasteiger partial charge in [-0.05, 0) is 49.1 Å². The third-order valence-electron chi connectivity index (χ3n) is 5.47. The lowest BCUT2D eigenvalue weighted by Crippen LogP contribution is -2.45. The molecule has 1 aromatic rings. The van der Waals surface area contributed by atoms with Gasteiger partial charge in [-0.1, -0.05) is 69.7 Å². The lowest BCUT2D eigenvalue weighted by atomic mass is 9.91. The van der Waals surface area contributed by atoms with Crippen LogP contribution in [0.1, 0.15) is 88.2 Å². The Morgan fingerprint density at radius 2 is 1.92 bits per heavy atom. The average molecular weight is 332 g/mol. The first-order valence-corrected chi connectivity index (χ1v) is 9.66. The first-order chi connectivity index (χ1) is 11.5. The van der Waals surface area contributed by atoms with E-state index in [1.807, 2.05) is 0 Å². The van der Waals surface area contributed by atoms with Gasteiger partial charge >= 0.3 is 5.97 Å². The van der Waals surface area contributed by atoms with Gasteiger partial charge in [0.25, 0.3) is 0 Å². The van der Waals surface area contributed by atoms with E-state index in [-0.39, 0.29) is 0 Å². The second-order valence-corrected chi connectivity index (χ2v) is 7.52. The second-order valence-electron chi connectivity index (χ2n) is 7.52. The van der Waals surface area contributed by atoms with Crippen LogP contribution in [-0.2, 0) is 11.2 Å². The van der Waals surface area contributed by atoms with E-state index in [1.54, 1.807) is 0 Å². The molecule has 1 fully saturated rings. The predicted octanol–water partition coefficient (Wildman–Crippen LogP) is 5.03. The lowest BCUT2D eigenvalue weighted by molar-refractivity contribution is -0.143. The zero-order valence-electron chi connectivity index (χ0n) is 15.1. The van der Waals surface area contributed by atoms with E-state index in [0.717, 1.165) is 12.8 Å². The van der Waals surface area contributed by atoms with Gasteiger partial charge in [-0.25, -0.2) is 0 Å². The van der Waals surface area contributed by atoms with Crippen molar-refractivity contribution in [3.63, 3.8) is 0 Å². The third-order valence-corrected chi connectivity index (χ3v) is 5.47. The summed E-state index contributed by atoms with van der Waals surface area (Å²) in [5, 5.41) is 9.29. The molecule has 134 valence electrons. The molecule has 0 amide bonds. The van der Waals surface area contributed by atoms with E-state index >= 15 is 0 Å². The van der Waals surface area contributed by atoms with E-state index in [0.29, 0.717) is 18.8 Å². The van der Waals surface area contributed by atoms with E-state index in [2.05, 4.69) is 31.2 Å². The fourth-order valence-electron chi connectivity index (χ4n) is 3.84. The Labute approximate surface area is 146 Å². The summed E-state index contributed by atoms with van der Waals surface area (Å²) in [7, 11) is 0. The first-order valence-electron chi connectivity index (χ1n) is 9.66. The zero-order chi connectivity index (χ0) is 17.4. The van der Waals surface area contributed by atoms with Gasteiger partial charge in [-0.15, -0.1) is 0 Å². The van der Waals surface area contributed by atoms with Crippen LogP contribution < -0.4 is 5.73 Å². The van der Waals surface area contributed by atoms with Crippen molar-refractivity contribution in [1.29, 1.82) is 0 Å². The van der Waals surface area contributed by atoms with Gasteiger partial charge in [0.1, 0.15) is 5.54 Å². The minimum atomic E-state index is -1.03. The molecule has 0 aromatic heterocycles. The Bertz CT molecular complexity index is 528. The molecule has 0 aliphatic heterocycles. The number of aryl methyl sites for hydroxylation is 1.